The summed E-state index contributed by atoms with van der Waals surface area (Å²) in [6, 6.07) is 4.18. The zero-order chi connectivity index (χ0) is 21.1. The van der Waals surface area contributed by atoms with Gasteiger partial charge in [0.15, 0.2) is 6.61 Å². The molecule has 0 aromatic heterocycles. The molecular formula is C19H25F3N2O4. The van der Waals surface area contributed by atoms with Gasteiger partial charge in [-0.1, -0.05) is 0 Å². The lowest BCUT2D eigenvalue weighted by Gasteiger charge is -2.34. The first kappa shape index (κ1) is 21.8. The summed E-state index contributed by atoms with van der Waals surface area (Å²) in [6.45, 7) is 4.70. The first-order chi connectivity index (χ1) is 12.8. The Morgan fingerprint density at radius 2 is 1.89 bits per heavy atom. The minimum absolute atomic E-state index is 0.0593. The van der Waals surface area contributed by atoms with Gasteiger partial charge < -0.3 is 20.1 Å². The maximum atomic E-state index is 12.5. The lowest BCUT2D eigenvalue weighted by atomic mass is 9.89. The Hall–Kier alpha value is -2.45. The number of amides is 2. The van der Waals surface area contributed by atoms with E-state index in [0.717, 1.165) is 0 Å². The molecule has 0 aliphatic carbocycles. The van der Waals surface area contributed by atoms with Crippen molar-refractivity contribution in [2.24, 2.45) is 5.73 Å². The number of carbonyl (C=O) groups is 2. The number of nitrogens with two attached hydrogens (primary N) is 1. The Balaban J connectivity index is 2.21. The number of carbonyl (C=O) groups excluding carboxylic acids is 2. The number of piperidine rings is 1. The molecular weight excluding hydrogens is 377 g/mol. The molecule has 1 saturated heterocycles. The fourth-order valence-corrected chi connectivity index (χ4v) is 2.99. The van der Waals surface area contributed by atoms with Crippen molar-refractivity contribution in [1.82, 2.24) is 4.90 Å². The highest BCUT2D eigenvalue weighted by Gasteiger charge is 2.30. The number of primary amides is 1. The highest BCUT2D eigenvalue weighted by Crippen LogP contribution is 2.31. The third-order valence-electron chi connectivity index (χ3n) is 4.16. The van der Waals surface area contributed by atoms with Gasteiger partial charge in [0, 0.05) is 24.6 Å². The van der Waals surface area contributed by atoms with Gasteiger partial charge >= 0.3 is 12.3 Å². The molecule has 0 bridgehead atoms. The topological polar surface area (TPSA) is 81.9 Å². The highest BCUT2D eigenvalue weighted by atomic mass is 19.4. The summed E-state index contributed by atoms with van der Waals surface area (Å²) in [5.74, 6) is -1.02. The smallest absolute Gasteiger partial charge is 0.422 e. The van der Waals surface area contributed by atoms with Crippen LogP contribution < -0.4 is 10.5 Å². The first-order valence-electron chi connectivity index (χ1n) is 8.96. The van der Waals surface area contributed by atoms with E-state index in [-0.39, 0.29) is 17.2 Å². The first-order valence-corrected chi connectivity index (χ1v) is 8.96. The SMILES string of the molecule is CC(C)(C)OC(=O)N1CCCC(c2cc(OCC(F)(F)F)cc(C(N)=O)c2)C1. The van der Waals surface area contributed by atoms with Crippen LogP contribution in [0.5, 0.6) is 5.75 Å². The van der Waals surface area contributed by atoms with Crippen molar-refractivity contribution < 1.29 is 32.2 Å². The summed E-state index contributed by atoms with van der Waals surface area (Å²) in [7, 11) is 0. The van der Waals surface area contributed by atoms with E-state index in [0.29, 0.717) is 31.5 Å². The summed E-state index contributed by atoms with van der Waals surface area (Å²) in [4.78, 5) is 25.5. The van der Waals surface area contributed by atoms with Gasteiger partial charge in [-0.05, 0) is 57.4 Å². The minimum atomic E-state index is -4.50. The van der Waals surface area contributed by atoms with Gasteiger partial charge in [0.25, 0.3) is 0 Å². The minimum Gasteiger partial charge on any atom is -0.484 e. The molecule has 1 aromatic carbocycles. The summed E-state index contributed by atoms with van der Waals surface area (Å²) >= 11 is 0. The van der Waals surface area contributed by atoms with Crippen LogP contribution in [0.15, 0.2) is 18.2 Å². The molecule has 1 aromatic rings. The average Bonchev–Trinajstić information content (AvgIpc) is 2.57. The van der Waals surface area contributed by atoms with Crippen LogP contribution in [0.1, 0.15) is 55.5 Å². The van der Waals surface area contributed by atoms with Crippen molar-refractivity contribution in [3.63, 3.8) is 0 Å². The van der Waals surface area contributed by atoms with E-state index in [2.05, 4.69) is 0 Å². The third kappa shape index (κ3) is 6.61. The van der Waals surface area contributed by atoms with Gasteiger partial charge in [-0.15, -0.1) is 0 Å². The molecule has 2 rings (SSSR count). The average molecular weight is 402 g/mol. The van der Waals surface area contributed by atoms with Crippen LogP contribution in [0.3, 0.4) is 0 Å². The monoisotopic (exact) mass is 402 g/mol. The van der Waals surface area contributed by atoms with Crippen LogP contribution in [-0.4, -0.2) is 48.4 Å². The van der Waals surface area contributed by atoms with E-state index in [1.807, 2.05) is 0 Å². The Labute approximate surface area is 161 Å². The van der Waals surface area contributed by atoms with Crippen molar-refractivity contribution in [2.45, 2.75) is 51.3 Å². The van der Waals surface area contributed by atoms with Crippen LogP contribution >= 0.6 is 0 Å². The van der Waals surface area contributed by atoms with Crippen molar-refractivity contribution >= 4 is 12.0 Å². The van der Waals surface area contributed by atoms with Crippen molar-refractivity contribution in [3.8, 4) is 5.75 Å². The number of rotatable bonds is 4. The number of ether oxygens (including phenoxy) is 2. The van der Waals surface area contributed by atoms with Gasteiger partial charge in [-0.3, -0.25) is 4.79 Å². The quantitative estimate of drug-likeness (QED) is 0.830. The highest BCUT2D eigenvalue weighted by molar-refractivity contribution is 5.93. The second-order valence-corrected chi connectivity index (χ2v) is 7.82. The van der Waals surface area contributed by atoms with Crippen molar-refractivity contribution in [1.29, 1.82) is 0 Å². The Bertz CT molecular complexity index is 729. The molecule has 1 fully saturated rings. The number of nitrogens with zero attached hydrogens (tertiary/aromatic N) is 1. The van der Waals surface area contributed by atoms with Crippen LogP contribution in [0.2, 0.25) is 0 Å². The molecule has 9 heteroatoms. The molecule has 1 unspecified atom stereocenters. The largest absolute Gasteiger partial charge is 0.484 e. The summed E-state index contributed by atoms with van der Waals surface area (Å²) in [6.07, 6.45) is -3.54. The number of hydrogen-bond acceptors (Lipinski definition) is 4. The van der Waals surface area contributed by atoms with E-state index in [9.17, 15) is 22.8 Å². The molecule has 156 valence electrons. The van der Waals surface area contributed by atoms with Gasteiger partial charge in [0.2, 0.25) is 5.91 Å². The van der Waals surface area contributed by atoms with E-state index in [1.165, 1.54) is 18.2 Å². The van der Waals surface area contributed by atoms with Crippen LogP contribution in [-0.2, 0) is 4.74 Å². The summed E-state index contributed by atoms with van der Waals surface area (Å²) in [5.41, 5.74) is 5.33. The molecule has 0 spiro atoms. The zero-order valence-corrected chi connectivity index (χ0v) is 16.1. The Morgan fingerprint density at radius 3 is 2.46 bits per heavy atom. The second kappa shape index (κ2) is 8.28. The standard InChI is InChI=1S/C19H25F3N2O4/c1-18(2,3)28-17(26)24-6-4-5-12(10-24)13-7-14(16(23)25)9-15(8-13)27-11-19(20,21)22/h7-9,12H,4-6,10-11H2,1-3H3,(H2,23,25). The predicted octanol–water partition coefficient (Wildman–Crippen LogP) is 3.84. The molecule has 28 heavy (non-hydrogen) atoms. The molecule has 2 N–H and O–H groups in total. The normalized spacial score (nSPS) is 17.9. The van der Waals surface area contributed by atoms with Crippen molar-refractivity contribution in [2.75, 3.05) is 19.7 Å². The van der Waals surface area contributed by atoms with Crippen LogP contribution in [0.4, 0.5) is 18.0 Å². The molecule has 0 saturated carbocycles. The summed E-state index contributed by atoms with van der Waals surface area (Å²) in [5, 5.41) is 0. The zero-order valence-electron chi connectivity index (χ0n) is 16.1. The second-order valence-electron chi connectivity index (χ2n) is 7.82. The number of hydrogen-bond donors (Lipinski definition) is 1. The number of alkyl halides is 3. The number of halogens is 3. The Morgan fingerprint density at radius 1 is 1.21 bits per heavy atom. The van der Waals surface area contributed by atoms with E-state index >= 15 is 0 Å². The van der Waals surface area contributed by atoms with E-state index < -0.39 is 30.4 Å². The maximum absolute atomic E-state index is 12.5. The summed E-state index contributed by atoms with van der Waals surface area (Å²) < 4.78 is 47.5. The molecule has 6 nitrogen and oxygen atoms in total. The van der Waals surface area contributed by atoms with Crippen molar-refractivity contribution in [3.05, 3.63) is 29.3 Å². The molecule has 1 heterocycles. The third-order valence-corrected chi connectivity index (χ3v) is 4.16. The van der Waals surface area contributed by atoms with Crippen LogP contribution in [0, 0.1) is 0 Å². The molecule has 2 amide bonds. The van der Waals surface area contributed by atoms with Crippen LogP contribution in [0.25, 0.3) is 0 Å². The number of likely N-dealkylation sites (tertiary alicyclic amines) is 1. The van der Waals surface area contributed by atoms with Gasteiger partial charge in [0.1, 0.15) is 11.4 Å². The van der Waals surface area contributed by atoms with Gasteiger partial charge in [-0.25, -0.2) is 4.79 Å². The molecule has 1 atom stereocenters. The lowest BCUT2D eigenvalue weighted by molar-refractivity contribution is -0.153. The van der Waals surface area contributed by atoms with E-state index in [4.69, 9.17) is 15.2 Å². The number of benzene rings is 1. The van der Waals surface area contributed by atoms with Gasteiger partial charge in [0.05, 0.1) is 0 Å². The molecule has 1 aliphatic rings. The maximum Gasteiger partial charge on any atom is 0.422 e. The predicted molar refractivity (Wildman–Crippen MR) is 96.3 cm³/mol. The Kier molecular flexibility index (Phi) is 6.46. The van der Waals surface area contributed by atoms with Gasteiger partial charge in [-0.2, -0.15) is 13.2 Å². The molecule has 0 radical (unpaired) electrons. The fraction of sp³-hybridized carbons (Fsp3) is 0.579. The fourth-order valence-electron chi connectivity index (χ4n) is 2.99. The van der Waals surface area contributed by atoms with E-state index in [1.54, 1.807) is 25.7 Å². The lowest BCUT2D eigenvalue weighted by Crippen LogP contribution is -2.42. The molecule has 1 aliphatic heterocycles.